The van der Waals surface area contributed by atoms with Gasteiger partial charge >= 0.3 is 5.97 Å². The lowest BCUT2D eigenvalue weighted by molar-refractivity contribution is -0.0130. The molecule has 0 aliphatic rings. The number of methoxy groups -OCH3 is 1. The number of carbonyl (C=O) groups is 1. The molecule has 3 heteroatoms. The van der Waals surface area contributed by atoms with Gasteiger partial charge in [-0.3, -0.25) is 0 Å². The van der Waals surface area contributed by atoms with Gasteiger partial charge < -0.3 is 9.47 Å². The summed E-state index contributed by atoms with van der Waals surface area (Å²) in [5, 5.41) is 0. The number of esters is 1. The zero-order valence-electron chi connectivity index (χ0n) is 14.3. The Kier molecular flexibility index (Phi) is 5.43. The summed E-state index contributed by atoms with van der Waals surface area (Å²) in [7, 11) is 1.63. The third-order valence-corrected chi connectivity index (χ3v) is 4.38. The molecule has 3 nitrogen and oxygen atoms in total. The Morgan fingerprint density at radius 1 is 0.957 bits per heavy atom. The molecule has 0 fully saturated rings. The van der Waals surface area contributed by atoms with Gasteiger partial charge in [0.15, 0.2) is 0 Å². The molecule has 0 unspecified atom stereocenters. The molecule has 2 aromatic rings. The highest BCUT2D eigenvalue weighted by molar-refractivity contribution is 5.98. The maximum Gasteiger partial charge on any atom is 0.339 e. The summed E-state index contributed by atoms with van der Waals surface area (Å²) in [6.45, 7) is 6.03. The summed E-state index contributed by atoms with van der Waals surface area (Å²) in [6, 6.07) is 15.2. The lowest BCUT2D eigenvalue weighted by Crippen LogP contribution is -2.30. The minimum absolute atomic E-state index is 0.294. The van der Waals surface area contributed by atoms with Gasteiger partial charge in [0.2, 0.25) is 0 Å². The van der Waals surface area contributed by atoms with Crippen molar-refractivity contribution in [3.63, 3.8) is 0 Å². The van der Waals surface area contributed by atoms with Crippen molar-refractivity contribution >= 4 is 5.97 Å². The highest BCUT2D eigenvalue weighted by Crippen LogP contribution is 2.33. The number of benzene rings is 2. The summed E-state index contributed by atoms with van der Waals surface area (Å²) in [6.07, 6.45) is 1.57. The van der Waals surface area contributed by atoms with Crippen LogP contribution in [0.25, 0.3) is 11.1 Å². The molecule has 0 spiro atoms. The summed E-state index contributed by atoms with van der Waals surface area (Å²) < 4.78 is 11.2. The second-order valence-corrected chi connectivity index (χ2v) is 5.79. The van der Waals surface area contributed by atoms with Crippen LogP contribution in [-0.4, -0.2) is 18.7 Å². The minimum Gasteiger partial charge on any atom is -0.496 e. The molecule has 0 saturated heterocycles. The molecular formula is C20H24O3. The Labute approximate surface area is 138 Å². The second kappa shape index (κ2) is 7.32. The molecule has 0 amide bonds. The van der Waals surface area contributed by atoms with Gasteiger partial charge in [0.25, 0.3) is 0 Å². The van der Waals surface area contributed by atoms with Gasteiger partial charge in [-0.2, -0.15) is 0 Å². The Morgan fingerprint density at radius 2 is 1.52 bits per heavy atom. The number of rotatable bonds is 6. The number of hydrogen-bond acceptors (Lipinski definition) is 3. The molecule has 2 rings (SSSR count). The van der Waals surface area contributed by atoms with Crippen molar-refractivity contribution in [1.82, 2.24) is 0 Å². The molecule has 23 heavy (non-hydrogen) atoms. The van der Waals surface area contributed by atoms with Crippen LogP contribution in [0.15, 0.2) is 48.5 Å². The molecule has 0 heterocycles. The van der Waals surface area contributed by atoms with Crippen LogP contribution in [0.5, 0.6) is 5.75 Å². The van der Waals surface area contributed by atoms with E-state index in [1.807, 2.05) is 63.2 Å². The van der Waals surface area contributed by atoms with E-state index in [0.717, 1.165) is 29.7 Å². The molecule has 0 radical (unpaired) electrons. The van der Waals surface area contributed by atoms with Crippen molar-refractivity contribution in [2.24, 2.45) is 0 Å². The lowest BCUT2D eigenvalue weighted by atomic mass is 9.97. The number of carbonyl (C=O) groups excluding carboxylic acids is 1. The first kappa shape index (κ1) is 17.1. The van der Waals surface area contributed by atoms with Crippen LogP contribution < -0.4 is 4.74 Å². The predicted molar refractivity (Wildman–Crippen MR) is 92.8 cm³/mol. The lowest BCUT2D eigenvalue weighted by Gasteiger charge is -2.27. The molecule has 0 aliphatic carbocycles. The maximum atomic E-state index is 12.7. The van der Waals surface area contributed by atoms with Gasteiger partial charge in [0.05, 0.1) is 12.7 Å². The second-order valence-electron chi connectivity index (χ2n) is 5.79. The zero-order valence-corrected chi connectivity index (χ0v) is 14.3. The molecule has 122 valence electrons. The van der Waals surface area contributed by atoms with Crippen molar-refractivity contribution in [2.75, 3.05) is 7.11 Å². The first-order valence-electron chi connectivity index (χ1n) is 8.00. The molecule has 0 N–H and O–H groups in total. The standard InChI is InChI=1S/C20H24O3/c1-5-20(3,6-2)23-19(21)17-13-8-7-11-15(17)16-12-9-10-14-18(16)22-4/h7-14H,5-6H2,1-4H3. The third-order valence-electron chi connectivity index (χ3n) is 4.38. The SMILES string of the molecule is CCC(C)(CC)OC(=O)c1ccccc1-c1ccccc1OC. The average molecular weight is 312 g/mol. The van der Waals surface area contributed by atoms with Gasteiger partial charge in [-0.25, -0.2) is 4.79 Å². The van der Waals surface area contributed by atoms with Crippen LogP contribution in [0.1, 0.15) is 44.0 Å². The Balaban J connectivity index is 2.44. The van der Waals surface area contributed by atoms with E-state index in [1.165, 1.54) is 0 Å². The highest BCUT2D eigenvalue weighted by atomic mass is 16.6. The van der Waals surface area contributed by atoms with Gasteiger partial charge in [-0.15, -0.1) is 0 Å². The molecule has 0 aromatic heterocycles. The van der Waals surface area contributed by atoms with Crippen molar-refractivity contribution < 1.29 is 14.3 Å². The molecule has 0 aliphatic heterocycles. The van der Waals surface area contributed by atoms with Crippen LogP contribution in [0.4, 0.5) is 0 Å². The van der Waals surface area contributed by atoms with Crippen LogP contribution in [0, 0.1) is 0 Å². The van der Waals surface area contributed by atoms with E-state index in [2.05, 4.69) is 0 Å². The van der Waals surface area contributed by atoms with Gasteiger partial charge in [-0.05, 0) is 37.5 Å². The summed E-state index contributed by atoms with van der Waals surface area (Å²) in [4.78, 5) is 12.7. The minimum atomic E-state index is -0.440. The van der Waals surface area contributed by atoms with Crippen molar-refractivity contribution in [2.45, 2.75) is 39.2 Å². The fourth-order valence-electron chi connectivity index (χ4n) is 2.44. The van der Waals surface area contributed by atoms with Crippen LogP contribution in [0.2, 0.25) is 0 Å². The normalized spacial score (nSPS) is 11.1. The fourth-order valence-corrected chi connectivity index (χ4v) is 2.44. The highest BCUT2D eigenvalue weighted by Gasteiger charge is 2.26. The zero-order chi connectivity index (χ0) is 16.9. The van der Waals surface area contributed by atoms with Crippen LogP contribution in [0.3, 0.4) is 0 Å². The smallest absolute Gasteiger partial charge is 0.339 e. The first-order valence-corrected chi connectivity index (χ1v) is 8.00. The van der Waals surface area contributed by atoms with Gasteiger partial charge in [0, 0.05) is 5.56 Å². The average Bonchev–Trinajstić information content (AvgIpc) is 2.61. The van der Waals surface area contributed by atoms with E-state index in [-0.39, 0.29) is 5.97 Å². The largest absolute Gasteiger partial charge is 0.496 e. The predicted octanol–water partition coefficient (Wildman–Crippen LogP) is 5.10. The Hall–Kier alpha value is -2.29. The summed E-state index contributed by atoms with van der Waals surface area (Å²) in [5.41, 5.74) is 1.83. The van der Waals surface area contributed by atoms with E-state index in [0.29, 0.717) is 5.56 Å². The van der Waals surface area contributed by atoms with E-state index < -0.39 is 5.60 Å². The number of para-hydroxylation sites is 1. The third kappa shape index (κ3) is 3.73. The Bertz CT molecular complexity index is 672. The molecular weight excluding hydrogens is 288 g/mol. The first-order chi connectivity index (χ1) is 11.0. The van der Waals surface area contributed by atoms with Gasteiger partial charge in [0.1, 0.15) is 11.4 Å². The quantitative estimate of drug-likeness (QED) is 0.696. The maximum absolute atomic E-state index is 12.7. The topological polar surface area (TPSA) is 35.5 Å². The van der Waals surface area contributed by atoms with Gasteiger partial charge in [-0.1, -0.05) is 50.2 Å². The molecule has 2 aromatic carbocycles. The van der Waals surface area contributed by atoms with Crippen molar-refractivity contribution in [1.29, 1.82) is 0 Å². The van der Waals surface area contributed by atoms with E-state index in [1.54, 1.807) is 13.2 Å². The number of hydrogen-bond donors (Lipinski definition) is 0. The summed E-state index contributed by atoms with van der Waals surface area (Å²) >= 11 is 0. The van der Waals surface area contributed by atoms with E-state index >= 15 is 0 Å². The molecule has 0 atom stereocenters. The molecule has 0 bridgehead atoms. The summed E-state index contributed by atoms with van der Waals surface area (Å²) in [5.74, 6) is 0.444. The Morgan fingerprint density at radius 3 is 2.13 bits per heavy atom. The molecule has 0 saturated carbocycles. The monoisotopic (exact) mass is 312 g/mol. The van der Waals surface area contributed by atoms with Crippen LogP contribution in [-0.2, 0) is 4.74 Å². The fraction of sp³-hybridized carbons (Fsp3) is 0.350. The van der Waals surface area contributed by atoms with E-state index in [4.69, 9.17) is 9.47 Å². The van der Waals surface area contributed by atoms with Crippen molar-refractivity contribution in [3.8, 4) is 16.9 Å². The van der Waals surface area contributed by atoms with Crippen molar-refractivity contribution in [3.05, 3.63) is 54.1 Å². The van der Waals surface area contributed by atoms with E-state index in [9.17, 15) is 4.79 Å². The number of ether oxygens (including phenoxy) is 2. The van der Waals surface area contributed by atoms with Crippen LogP contribution >= 0.6 is 0 Å².